The monoisotopic (exact) mass is 374 g/mol. The highest BCUT2D eigenvalue weighted by Gasteiger charge is 2.48. The van der Waals surface area contributed by atoms with Gasteiger partial charge in [0.15, 0.2) is 9.84 Å². The average Bonchev–Trinajstić information content (AvgIpc) is 3.10. The van der Waals surface area contributed by atoms with Crippen molar-refractivity contribution in [3.05, 3.63) is 47.3 Å². The van der Waals surface area contributed by atoms with E-state index in [1.54, 1.807) is 38.1 Å². The molecule has 0 saturated carbocycles. The van der Waals surface area contributed by atoms with Gasteiger partial charge < -0.3 is 9.42 Å². The highest BCUT2D eigenvalue weighted by molar-refractivity contribution is 7.92. The molecule has 1 aromatic carbocycles. The summed E-state index contributed by atoms with van der Waals surface area (Å²) in [4.78, 5) is 15.3. The van der Waals surface area contributed by atoms with Gasteiger partial charge in [-0.15, -0.1) is 0 Å². The van der Waals surface area contributed by atoms with Gasteiger partial charge in [0.2, 0.25) is 0 Å². The van der Waals surface area contributed by atoms with E-state index in [-0.39, 0.29) is 18.0 Å². The first-order chi connectivity index (χ1) is 12.4. The summed E-state index contributed by atoms with van der Waals surface area (Å²) < 4.78 is 31.1. The van der Waals surface area contributed by atoms with Crippen LogP contribution in [0, 0.1) is 13.8 Å². The van der Waals surface area contributed by atoms with Gasteiger partial charge >= 0.3 is 0 Å². The van der Waals surface area contributed by atoms with Gasteiger partial charge in [0.05, 0.1) is 15.8 Å². The van der Waals surface area contributed by atoms with Crippen LogP contribution in [0.25, 0.3) is 0 Å². The van der Waals surface area contributed by atoms with Gasteiger partial charge in [-0.3, -0.25) is 4.79 Å². The van der Waals surface area contributed by atoms with Gasteiger partial charge in [-0.05, 0) is 51.7 Å². The number of aryl methyl sites for hydroxylation is 2. The molecular formula is C19H22N2O4S. The van der Waals surface area contributed by atoms with E-state index in [9.17, 15) is 13.2 Å². The Morgan fingerprint density at radius 1 is 1.12 bits per heavy atom. The van der Waals surface area contributed by atoms with Crippen molar-refractivity contribution in [2.75, 3.05) is 0 Å². The van der Waals surface area contributed by atoms with E-state index in [0.717, 1.165) is 12.8 Å². The average molecular weight is 374 g/mol. The Bertz CT molecular complexity index is 902. The van der Waals surface area contributed by atoms with Crippen LogP contribution in [-0.4, -0.2) is 41.7 Å². The maximum absolute atomic E-state index is 13.1. The van der Waals surface area contributed by atoms with Crippen molar-refractivity contribution < 1.29 is 17.7 Å². The van der Waals surface area contributed by atoms with Crippen molar-refractivity contribution >= 4 is 15.7 Å². The summed E-state index contributed by atoms with van der Waals surface area (Å²) in [5, 5.41) is 3.44. The highest BCUT2D eigenvalue weighted by Crippen LogP contribution is 2.41. The standard InChI is InChI=1S/C19H22N2O4S/c1-12-18(13(2)25-20-12)19(22)21-14-8-9-15(21)11-17(10-14)26(23,24)16-6-4-3-5-7-16/h3-7,14-15,17H,8-11H2,1-2H3. The van der Waals surface area contributed by atoms with Crippen LogP contribution in [0.4, 0.5) is 0 Å². The lowest BCUT2D eigenvalue weighted by molar-refractivity contribution is 0.0595. The van der Waals surface area contributed by atoms with Crippen molar-refractivity contribution in [3.8, 4) is 0 Å². The van der Waals surface area contributed by atoms with Crippen LogP contribution >= 0.6 is 0 Å². The summed E-state index contributed by atoms with van der Waals surface area (Å²) in [5.41, 5.74) is 1.11. The van der Waals surface area contributed by atoms with Gasteiger partial charge in [0.1, 0.15) is 11.3 Å². The summed E-state index contributed by atoms with van der Waals surface area (Å²) in [7, 11) is -3.38. The molecule has 7 heteroatoms. The van der Waals surface area contributed by atoms with Crippen molar-refractivity contribution in [1.82, 2.24) is 10.1 Å². The third-order valence-corrected chi connectivity index (χ3v) is 7.87. The topological polar surface area (TPSA) is 80.5 Å². The smallest absolute Gasteiger partial charge is 0.259 e. The van der Waals surface area contributed by atoms with E-state index in [0.29, 0.717) is 34.8 Å². The van der Waals surface area contributed by atoms with Gasteiger partial charge in [-0.1, -0.05) is 23.4 Å². The molecule has 0 spiro atoms. The van der Waals surface area contributed by atoms with Crippen LogP contribution in [0.5, 0.6) is 0 Å². The number of fused-ring (bicyclic) bond motifs is 2. The highest BCUT2D eigenvalue weighted by atomic mass is 32.2. The Hall–Kier alpha value is -2.15. The molecule has 6 nitrogen and oxygen atoms in total. The molecule has 0 N–H and O–H groups in total. The van der Waals surface area contributed by atoms with Crippen LogP contribution in [0.15, 0.2) is 39.8 Å². The predicted octanol–water partition coefficient (Wildman–Crippen LogP) is 2.90. The SMILES string of the molecule is Cc1noc(C)c1C(=O)N1C2CCC1CC(S(=O)(=O)c1ccccc1)C2. The first kappa shape index (κ1) is 17.3. The first-order valence-electron chi connectivity index (χ1n) is 8.94. The van der Waals surface area contributed by atoms with E-state index in [4.69, 9.17) is 4.52 Å². The molecule has 0 radical (unpaired) electrons. The number of hydrogen-bond acceptors (Lipinski definition) is 5. The second kappa shape index (κ2) is 6.23. The maximum Gasteiger partial charge on any atom is 0.259 e. The third kappa shape index (κ3) is 2.65. The van der Waals surface area contributed by atoms with Crippen molar-refractivity contribution in [3.63, 3.8) is 0 Å². The zero-order chi connectivity index (χ0) is 18.5. The number of aromatic nitrogens is 1. The molecule has 1 aromatic heterocycles. The van der Waals surface area contributed by atoms with E-state index in [1.165, 1.54) is 0 Å². The second-order valence-electron chi connectivity index (χ2n) is 7.25. The van der Waals surface area contributed by atoms with Gasteiger partial charge in [-0.25, -0.2) is 8.42 Å². The fraction of sp³-hybridized carbons (Fsp3) is 0.474. The summed E-state index contributed by atoms with van der Waals surface area (Å²) in [6.07, 6.45) is 2.67. The molecule has 138 valence electrons. The Balaban J connectivity index is 1.60. The molecule has 26 heavy (non-hydrogen) atoms. The van der Waals surface area contributed by atoms with Crippen LogP contribution < -0.4 is 0 Å². The minimum Gasteiger partial charge on any atom is -0.361 e. The Kier molecular flexibility index (Phi) is 4.14. The number of piperidine rings is 1. The number of sulfone groups is 1. The normalized spacial score (nSPS) is 25.5. The maximum atomic E-state index is 13.1. The first-order valence-corrected chi connectivity index (χ1v) is 10.5. The molecule has 0 aliphatic carbocycles. The molecule has 2 saturated heterocycles. The van der Waals surface area contributed by atoms with E-state index < -0.39 is 15.1 Å². The Labute approximate surface area is 153 Å². The molecule has 2 fully saturated rings. The van der Waals surface area contributed by atoms with Crippen molar-refractivity contribution in [2.45, 2.75) is 61.8 Å². The fourth-order valence-corrected chi connectivity index (χ4v) is 6.30. The van der Waals surface area contributed by atoms with E-state index in [2.05, 4.69) is 5.16 Å². The van der Waals surface area contributed by atoms with E-state index >= 15 is 0 Å². The number of benzene rings is 1. The van der Waals surface area contributed by atoms with Gasteiger partial charge in [0, 0.05) is 12.1 Å². The number of rotatable bonds is 3. The minimum absolute atomic E-state index is 0.0431. The minimum atomic E-state index is -3.38. The Morgan fingerprint density at radius 3 is 2.27 bits per heavy atom. The second-order valence-corrected chi connectivity index (χ2v) is 9.48. The number of carbonyl (C=O) groups is 1. The van der Waals surface area contributed by atoms with Crippen LogP contribution in [0.3, 0.4) is 0 Å². The predicted molar refractivity (Wildman–Crippen MR) is 95.6 cm³/mol. The molecule has 2 aromatic rings. The number of carbonyl (C=O) groups excluding carboxylic acids is 1. The van der Waals surface area contributed by atoms with Crippen LogP contribution in [0.2, 0.25) is 0 Å². The Morgan fingerprint density at radius 2 is 1.73 bits per heavy atom. The molecule has 2 bridgehead atoms. The largest absolute Gasteiger partial charge is 0.361 e. The van der Waals surface area contributed by atoms with Crippen LogP contribution in [-0.2, 0) is 9.84 Å². The molecule has 3 heterocycles. The van der Waals surface area contributed by atoms with Crippen LogP contribution in [0.1, 0.15) is 47.5 Å². The molecule has 4 rings (SSSR count). The lowest BCUT2D eigenvalue weighted by atomic mass is 10.0. The number of hydrogen-bond donors (Lipinski definition) is 0. The summed E-state index contributed by atoms with van der Waals surface area (Å²) in [6.45, 7) is 3.50. The lowest BCUT2D eigenvalue weighted by Crippen LogP contribution is -2.49. The quantitative estimate of drug-likeness (QED) is 0.825. The summed E-state index contributed by atoms with van der Waals surface area (Å²) in [5.74, 6) is 0.440. The summed E-state index contributed by atoms with van der Waals surface area (Å²) in [6, 6.07) is 8.52. The molecular weight excluding hydrogens is 352 g/mol. The molecule has 2 aliphatic rings. The molecule has 1 amide bonds. The fourth-order valence-electron chi connectivity index (χ4n) is 4.43. The zero-order valence-corrected chi connectivity index (χ0v) is 15.7. The number of nitrogens with zero attached hydrogens (tertiary/aromatic N) is 2. The third-order valence-electron chi connectivity index (χ3n) is 5.68. The van der Waals surface area contributed by atoms with E-state index in [1.807, 2.05) is 11.0 Å². The van der Waals surface area contributed by atoms with Gasteiger partial charge in [-0.2, -0.15) is 0 Å². The van der Waals surface area contributed by atoms with Crippen molar-refractivity contribution in [1.29, 1.82) is 0 Å². The molecule has 2 unspecified atom stereocenters. The van der Waals surface area contributed by atoms with Gasteiger partial charge in [0.25, 0.3) is 5.91 Å². The summed E-state index contributed by atoms with van der Waals surface area (Å²) >= 11 is 0. The van der Waals surface area contributed by atoms with Crippen molar-refractivity contribution in [2.24, 2.45) is 0 Å². The zero-order valence-electron chi connectivity index (χ0n) is 14.9. The number of amides is 1. The lowest BCUT2D eigenvalue weighted by Gasteiger charge is -2.38. The molecule has 2 atom stereocenters. The molecule has 2 aliphatic heterocycles.